The van der Waals surface area contributed by atoms with Crippen molar-refractivity contribution < 1.29 is 53.3 Å². The van der Waals surface area contributed by atoms with Crippen LogP contribution in [-0.4, -0.2) is 75.8 Å². The van der Waals surface area contributed by atoms with Gasteiger partial charge in [-0.2, -0.15) is 9.78 Å². The second-order valence-corrected chi connectivity index (χ2v) is 4.34. The Hall–Kier alpha value is -1.50. The van der Waals surface area contributed by atoms with Crippen molar-refractivity contribution in [2.24, 2.45) is 0 Å². The zero-order chi connectivity index (χ0) is 18.5. The molecular formula is C12H24O11. The molecule has 0 radical (unpaired) electrons. The molecule has 11 nitrogen and oxygen atoms in total. The second kappa shape index (κ2) is 12.0. The number of hydrogen-bond donors (Lipinski definition) is 2. The normalized spacial score (nSPS) is 15.6. The lowest BCUT2D eigenvalue weighted by Gasteiger charge is -2.32. The number of ether oxygens (including phenoxy) is 5. The smallest absolute Gasteiger partial charge is 0.449 e. The zero-order valence-corrected chi connectivity index (χ0v) is 14.0. The summed E-state index contributed by atoms with van der Waals surface area (Å²) in [5, 5.41) is 15.0. The molecule has 0 bridgehead atoms. The van der Waals surface area contributed by atoms with Crippen LogP contribution in [0.2, 0.25) is 0 Å². The monoisotopic (exact) mass is 344 g/mol. The number of methoxy groups -OCH3 is 4. The summed E-state index contributed by atoms with van der Waals surface area (Å²) >= 11 is 0. The van der Waals surface area contributed by atoms with Crippen molar-refractivity contribution in [2.45, 2.75) is 25.4 Å². The lowest BCUT2D eigenvalue weighted by atomic mass is 10.3. The first kappa shape index (κ1) is 23.8. The average molecular weight is 344 g/mol. The van der Waals surface area contributed by atoms with E-state index in [9.17, 15) is 9.59 Å². The van der Waals surface area contributed by atoms with E-state index in [2.05, 4.69) is 4.74 Å². The molecule has 2 atom stereocenters. The molecular weight excluding hydrogens is 320 g/mol. The van der Waals surface area contributed by atoms with E-state index in [4.69, 9.17) is 38.9 Å². The summed E-state index contributed by atoms with van der Waals surface area (Å²) in [6.45, 7) is 3.85. The molecule has 0 amide bonds. The summed E-state index contributed by atoms with van der Waals surface area (Å²) in [5.74, 6) is -1.97. The van der Waals surface area contributed by atoms with Crippen LogP contribution in [0.4, 0.5) is 9.59 Å². The fourth-order valence-electron chi connectivity index (χ4n) is 1.01. The van der Waals surface area contributed by atoms with Crippen LogP contribution in [-0.2, 0) is 33.5 Å². The van der Waals surface area contributed by atoms with Crippen molar-refractivity contribution in [3.8, 4) is 0 Å². The summed E-state index contributed by atoms with van der Waals surface area (Å²) < 4.78 is 23.2. The van der Waals surface area contributed by atoms with Gasteiger partial charge in [-0.15, -0.1) is 0 Å². The van der Waals surface area contributed by atoms with Crippen LogP contribution in [0, 0.1) is 0 Å². The largest absolute Gasteiger partial charge is 0.516 e. The van der Waals surface area contributed by atoms with Gasteiger partial charge in [-0.3, -0.25) is 0 Å². The maximum absolute atomic E-state index is 9.21. The Bertz CT molecular complexity index is 316. The van der Waals surface area contributed by atoms with Crippen molar-refractivity contribution in [2.75, 3.05) is 41.7 Å². The fraction of sp³-hybridized carbons (Fsp3) is 0.833. The quantitative estimate of drug-likeness (QED) is 0.206. The van der Waals surface area contributed by atoms with E-state index >= 15 is 0 Å². The summed E-state index contributed by atoms with van der Waals surface area (Å²) in [4.78, 5) is 28.8. The van der Waals surface area contributed by atoms with Crippen LogP contribution < -0.4 is 0 Å². The lowest BCUT2D eigenvalue weighted by Crippen LogP contribution is -2.43. The van der Waals surface area contributed by atoms with Crippen LogP contribution in [0.15, 0.2) is 0 Å². The molecule has 0 aromatic rings. The van der Waals surface area contributed by atoms with Gasteiger partial charge in [0.25, 0.3) is 0 Å². The molecule has 0 aliphatic carbocycles. The predicted octanol–water partition coefficient (Wildman–Crippen LogP) is 1.31. The Morgan fingerprint density at radius 2 is 1.09 bits per heavy atom. The van der Waals surface area contributed by atoms with E-state index in [1.54, 1.807) is 28.1 Å². The van der Waals surface area contributed by atoms with Gasteiger partial charge in [0.2, 0.25) is 11.6 Å². The summed E-state index contributed by atoms with van der Waals surface area (Å²) in [7, 11) is 6.10. The number of carboxylic acid groups (broad SMARTS) is 2. The van der Waals surface area contributed by atoms with Gasteiger partial charge in [-0.1, -0.05) is 0 Å². The molecule has 11 heteroatoms. The first-order valence-corrected chi connectivity index (χ1v) is 6.16. The molecule has 0 aromatic carbocycles. The van der Waals surface area contributed by atoms with Gasteiger partial charge < -0.3 is 33.9 Å². The zero-order valence-electron chi connectivity index (χ0n) is 14.0. The Labute approximate surface area is 133 Å². The standard InChI is InChI=1S/C10H22O6.C2H2O5/c1-9(13-5,7-11-3)15-16-10(2,14-6)8-12-4;3-1(4)7-2(5)6/h7-8H2,1-6H3;(H,3,4)(H,5,6). The van der Waals surface area contributed by atoms with Crippen molar-refractivity contribution in [3.05, 3.63) is 0 Å². The van der Waals surface area contributed by atoms with Gasteiger partial charge in [0.1, 0.15) is 13.2 Å². The van der Waals surface area contributed by atoms with Crippen molar-refractivity contribution in [1.29, 1.82) is 0 Å². The van der Waals surface area contributed by atoms with E-state index < -0.39 is 23.9 Å². The van der Waals surface area contributed by atoms with Crippen LogP contribution in [0.25, 0.3) is 0 Å². The minimum absolute atomic E-state index is 0.232. The Balaban J connectivity index is 0. The van der Waals surface area contributed by atoms with E-state index in [0.29, 0.717) is 0 Å². The van der Waals surface area contributed by atoms with Crippen LogP contribution in [0.1, 0.15) is 13.8 Å². The number of carbonyl (C=O) groups is 2. The molecule has 0 spiro atoms. The molecule has 0 saturated heterocycles. The van der Waals surface area contributed by atoms with Gasteiger partial charge in [-0.25, -0.2) is 9.59 Å². The molecule has 2 N–H and O–H groups in total. The molecule has 0 heterocycles. The average Bonchev–Trinajstić information content (AvgIpc) is 2.45. The van der Waals surface area contributed by atoms with Crippen LogP contribution in [0.3, 0.4) is 0 Å². The van der Waals surface area contributed by atoms with E-state index in [1.807, 2.05) is 0 Å². The Morgan fingerprint density at radius 1 is 0.783 bits per heavy atom. The van der Waals surface area contributed by atoms with E-state index in [1.165, 1.54) is 14.2 Å². The number of rotatable bonds is 9. The Morgan fingerprint density at radius 3 is 1.22 bits per heavy atom. The fourth-order valence-corrected chi connectivity index (χ4v) is 1.01. The summed E-state index contributed by atoms with van der Waals surface area (Å²) in [6.07, 6.45) is -3.62. The van der Waals surface area contributed by atoms with Gasteiger partial charge in [0.05, 0.1) is 0 Å². The van der Waals surface area contributed by atoms with Gasteiger partial charge in [-0.05, 0) is 13.8 Å². The third-order valence-corrected chi connectivity index (χ3v) is 2.25. The molecule has 2 unspecified atom stereocenters. The topological polar surface area (TPSA) is 139 Å². The van der Waals surface area contributed by atoms with Crippen molar-refractivity contribution >= 4 is 12.3 Å². The highest BCUT2D eigenvalue weighted by Crippen LogP contribution is 2.19. The minimum Gasteiger partial charge on any atom is -0.449 e. The minimum atomic E-state index is -1.81. The Kier molecular flexibility index (Phi) is 12.4. The van der Waals surface area contributed by atoms with Crippen molar-refractivity contribution in [1.82, 2.24) is 0 Å². The summed E-state index contributed by atoms with van der Waals surface area (Å²) in [5.41, 5.74) is 0. The summed E-state index contributed by atoms with van der Waals surface area (Å²) in [6, 6.07) is 0. The van der Waals surface area contributed by atoms with Crippen LogP contribution in [0.5, 0.6) is 0 Å². The first-order chi connectivity index (χ1) is 10.6. The number of hydrogen-bond acceptors (Lipinski definition) is 9. The highest BCUT2D eigenvalue weighted by Gasteiger charge is 2.33. The van der Waals surface area contributed by atoms with Gasteiger partial charge in [0.15, 0.2) is 0 Å². The van der Waals surface area contributed by atoms with E-state index in [-0.39, 0.29) is 13.2 Å². The first-order valence-electron chi connectivity index (χ1n) is 6.16. The van der Waals surface area contributed by atoms with Crippen molar-refractivity contribution in [3.63, 3.8) is 0 Å². The van der Waals surface area contributed by atoms with Gasteiger partial charge >= 0.3 is 12.3 Å². The second-order valence-electron chi connectivity index (χ2n) is 4.34. The molecule has 0 saturated carbocycles. The maximum Gasteiger partial charge on any atom is 0.516 e. The van der Waals surface area contributed by atoms with Gasteiger partial charge in [0, 0.05) is 28.4 Å². The third kappa shape index (κ3) is 12.7. The van der Waals surface area contributed by atoms with E-state index in [0.717, 1.165) is 0 Å². The molecule has 0 aliphatic heterocycles. The molecule has 138 valence electrons. The third-order valence-electron chi connectivity index (χ3n) is 2.25. The molecule has 0 aliphatic rings. The predicted molar refractivity (Wildman–Crippen MR) is 73.9 cm³/mol. The maximum atomic E-state index is 9.21. The molecule has 23 heavy (non-hydrogen) atoms. The molecule has 0 rings (SSSR count). The van der Waals surface area contributed by atoms with Crippen LogP contribution >= 0.6 is 0 Å². The highest BCUT2D eigenvalue weighted by atomic mass is 17.3. The highest BCUT2D eigenvalue weighted by molar-refractivity contribution is 5.74. The molecule has 0 aromatic heterocycles. The SMILES string of the molecule is COCC(C)(OC)OOC(C)(COC)OC.O=C(O)OC(=O)O. The lowest BCUT2D eigenvalue weighted by molar-refractivity contribution is -0.499. The molecule has 0 fully saturated rings.